The van der Waals surface area contributed by atoms with Crippen molar-refractivity contribution in [2.45, 2.75) is 45.8 Å². The zero-order valence-electron chi connectivity index (χ0n) is 12.3. The number of carboxylic acid groups (broad SMARTS) is 1. The van der Waals surface area contributed by atoms with Crippen LogP contribution in [-0.2, 0) is 9.59 Å². The Kier molecular flexibility index (Phi) is 4.92. The molecule has 0 aromatic carbocycles. The van der Waals surface area contributed by atoms with Crippen LogP contribution in [0.4, 0.5) is 13.2 Å². The van der Waals surface area contributed by atoms with Gasteiger partial charge in [0, 0.05) is 12.6 Å². The lowest BCUT2D eigenvalue weighted by Crippen LogP contribution is -2.56. The minimum absolute atomic E-state index is 0.103. The zero-order chi connectivity index (χ0) is 16.5. The maximum Gasteiger partial charge on any atom is 0.404 e. The van der Waals surface area contributed by atoms with E-state index in [4.69, 9.17) is 5.11 Å². The molecule has 5 nitrogen and oxygen atoms in total. The second-order valence-corrected chi connectivity index (χ2v) is 6.50. The summed E-state index contributed by atoms with van der Waals surface area (Å²) in [5.41, 5.74) is -3.14. The number of carboxylic acids is 1. The predicted molar refractivity (Wildman–Crippen MR) is 69.6 cm³/mol. The fourth-order valence-corrected chi connectivity index (χ4v) is 2.30. The van der Waals surface area contributed by atoms with Crippen LogP contribution >= 0.6 is 0 Å². The van der Waals surface area contributed by atoms with Gasteiger partial charge < -0.3 is 15.7 Å². The highest BCUT2D eigenvalue weighted by atomic mass is 19.4. The van der Waals surface area contributed by atoms with Gasteiger partial charge in [-0.1, -0.05) is 20.8 Å². The van der Waals surface area contributed by atoms with E-state index in [1.807, 2.05) is 0 Å². The average Bonchev–Trinajstić information content (AvgIpc) is 2.75. The number of carbonyl (C=O) groups is 2. The molecule has 2 unspecified atom stereocenters. The van der Waals surface area contributed by atoms with E-state index < -0.39 is 47.9 Å². The minimum atomic E-state index is -4.67. The van der Waals surface area contributed by atoms with Gasteiger partial charge in [0.05, 0.1) is 6.42 Å². The maximum absolute atomic E-state index is 13.3. The molecule has 122 valence electrons. The van der Waals surface area contributed by atoms with Gasteiger partial charge >= 0.3 is 12.1 Å². The Bertz CT molecular complexity index is 410. The molecule has 1 rings (SSSR count). The molecule has 0 saturated carbocycles. The van der Waals surface area contributed by atoms with E-state index in [2.05, 4.69) is 10.6 Å². The quantitative estimate of drug-likeness (QED) is 0.736. The van der Waals surface area contributed by atoms with E-state index in [1.54, 1.807) is 20.8 Å². The number of halogens is 3. The number of rotatable bonds is 4. The Morgan fingerprint density at radius 3 is 2.24 bits per heavy atom. The van der Waals surface area contributed by atoms with Gasteiger partial charge in [0.1, 0.15) is 0 Å². The Balaban J connectivity index is 2.97. The summed E-state index contributed by atoms with van der Waals surface area (Å²) >= 11 is 0. The molecule has 0 radical (unpaired) electrons. The topological polar surface area (TPSA) is 78.4 Å². The van der Waals surface area contributed by atoms with Crippen LogP contribution in [0.15, 0.2) is 0 Å². The molecule has 1 fully saturated rings. The normalized spacial score (nSPS) is 24.7. The van der Waals surface area contributed by atoms with Crippen LogP contribution in [0.2, 0.25) is 0 Å². The monoisotopic (exact) mass is 310 g/mol. The SMILES string of the molecule is CC(C)(C)C(CC(=O)O)NC(=O)C1(C(F)(F)F)CCNC1. The number of hydrogen-bond acceptors (Lipinski definition) is 3. The van der Waals surface area contributed by atoms with Crippen molar-refractivity contribution in [2.75, 3.05) is 13.1 Å². The van der Waals surface area contributed by atoms with E-state index in [0.717, 1.165) is 0 Å². The summed E-state index contributed by atoms with van der Waals surface area (Å²) in [7, 11) is 0. The molecule has 21 heavy (non-hydrogen) atoms. The van der Waals surface area contributed by atoms with E-state index >= 15 is 0 Å². The Labute approximate surface area is 121 Å². The minimum Gasteiger partial charge on any atom is -0.481 e. The number of nitrogens with one attached hydrogen (secondary N) is 2. The molecule has 0 aliphatic carbocycles. The lowest BCUT2D eigenvalue weighted by atomic mass is 9.81. The first-order chi connectivity index (χ1) is 9.40. The predicted octanol–water partition coefficient (Wildman–Crippen LogP) is 1.53. The molecule has 0 spiro atoms. The summed E-state index contributed by atoms with van der Waals surface area (Å²) in [6.45, 7) is 4.65. The molecular formula is C13H21F3N2O3. The molecule has 1 amide bonds. The van der Waals surface area contributed by atoms with Gasteiger partial charge in [-0.2, -0.15) is 13.2 Å². The third-order valence-corrected chi connectivity index (χ3v) is 3.86. The van der Waals surface area contributed by atoms with Crippen molar-refractivity contribution in [2.24, 2.45) is 10.8 Å². The van der Waals surface area contributed by atoms with Crippen LogP contribution < -0.4 is 10.6 Å². The third-order valence-electron chi connectivity index (χ3n) is 3.86. The first kappa shape index (κ1) is 17.7. The van der Waals surface area contributed by atoms with Crippen molar-refractivity contribution < 1.29 is 27.9 Å². The van der Waals surface area contributed by atoms with Crippen LogP contribution in [0.3, 0.4) is 0 Å². The molecule has 3 N–H and O–H groups in total. The second-order valence-electron chi connectivity index (χ2n) is 6.50. The highest BCUT2D eigenvalue weighted by molar-refractivity contribution is 5.85. The first-order valence-electron chi connectivity index (χ1n) is 6.70. The van der Waals surface area contributed by atoms with Crippen molar-refractivity contribution in [3.8, 4) is 0 Å². The molecule has 8 heteroatoms. The van der Waals surface area contributed by atoms with Crippen LogP contribution in [-0.4, -0.2) is 42.3 Å². The van der Waals surface area contributed by atoms with Gasteiger partial charge in [-0.15, -0.1) is 0 Å². The van der Waals surface area contributed by atoms with Crippen molar-refractivity contribution in [3.63, 3.8) is 0 Å². The number of amides is 1. The summed E-state index contributed by atoms with van der Waals surface area (Å²) in [5.74, 6) is -2.32. The van der Waals surface area contributed by atoms with Crippen LogP contribution in [0.1, 0.15) is 33.6 Å². The standard InChI is InChI=1S/C13H21F3N2O3/c1-11(2,3)8(6-9(19)20)18-10(21)12(13(14,15)16)4-5-17-7-12/h8,17H,4-7H2,1-3H3,(H,18,21)(H,19,20). The number of carbonyl (C=O) groups excluding carboxylic acids is 1. The fraction of sp³-hybridized carbons (Fsp3) is 0.846. The van der Waals surface area contributed by atoms with Gasteiger partial charge in [-0.25, -0.2) is 0 Å². The van der Waals surface area contributed by atoms with Gasteiger partial charge in [-0.05, 0) is 18.4 Å². The lowest BCUT2D eigenvalue weighted by molar-refractivity contribution is -0.216. The molecule has 0 bridgehead atoms. The van der Waals surface area contributed by atoms with E-state index in [0.29, 0.717) is 0 Å². The number of alkyl halides is 3. The van der Waals surface area contributed by atoms with Crippen molar-refractivity contribution in [1.29, 1.82) is 0 Å². The zero-order valence-corrected chi connectivity index (χ0v) is 12.3. The Hall–Kier alpha value is -1.31. The first-order valence-corrected chi connectivity index (χ1v) is 6.70. The van der Waals surface area contributed by atoms with E-state index in [-0.39, 0.29) is 13.0 Å². The molecule has 1 heterocycles. The number of aliphatic carboxylic acids is 1. The summed E-state index contributed by atoms with van der Waals surface area (Å²) < 4.78 is 39.8. The molecule has 1 saturated heterocycles. The summed E-state index contributed by atoms with van der Waals surface area (Å²) in [6.07, 6.45) is -5.44. The van der Waals surface area contributed by atoms with Crippen molar-refractivity contribution in [1.82, 2.24) is 10.6 Å². The lowest BCUT2D eigenvalue weighted by Gasteiger charge is -2.35. The summed E-state index contributed by atoms with van der Waals surface area (Å²) in [5, 5.41) is 13.7. The molecule has 1 aliphatic heterocycles. The maximum atomic E-state index is 13.3. The van der Waals surface area contributed by atoms with Gasteiger partial charge in [0.2, 0.25) is 5.91 Å². The molecular weight excluding hydrogens is 289 g/mol. The molecule has 1 aliphatic rings. The third kappa shape index (κ3) is 3.87. The molecule has 0 aromatic heterocycles. The summed E-state index contributed by atoms with van der Waals surface area (Å²) in [4.78, 5) is 23.0. The van der Waals surface area contributed by atoms with Crippen molar-refractivity contribution in [3.05, 3.63) is 0 Å². The second kappa shape index (κ2) is 5.82. The largest absolute Gasteiger partial charge is 0.481 e. The Morgan fingerprint density at radius 1 is 1.33 bits per heavy atom. The number of hydrogen-bond donors (Lipinski definition) is 3. The average molecular weight is 310 g/mol. The smallest absolute Gasteiger partial charge is 0.404 e. The van der Waals surface area contributed by atoms with Crippen LogP contribution in [0.25, 0.3) is 0 Å². The van der Waals surface area contributed by atoms with Gasteiger partial charge in [-0.3, -0.25) is 9.59 Å². The van der Waals surface area contributed by atoms with Gasteiger partial charge in [0.15, 0.2) is 5.41 Å². The van der Waals surface area contributed by atoms with E-state index in [1.165, 1.54) is 0 Å². The summed E-state index contributed by atoms with van der Waals surface area (Å²) in [6, 6.07) is -0.873. The fourth-order valence-electron chi connectivity index (χ4n) is 2.30. The van der Waals surface area contributed by atoms with Crippen LogP contribution in [0, 0.1) is 10.8 Å². The van der Waals surface area contributed by atoms with Gasteiger partial charge in [0.25, 0.3) is 0 Å². The van der Waals surface area contributed by atoms with E-state index in [9.17, 15) is 22.8 Å². The molecule has 2 atom stereocenters. The highest BCUT2D eigenvalue weighted by Crippen LogP contribution is 2.43. The van der Waals surface area contributed by atoms with Crippen LogP contribution in [0.5, 0.6) is 0 Å². The molecule has 0 aromatic rings. The highest BCUT2D eigenvalue weighted by Gasteiger charge is 2.61. The van der Waals surface area contributed by atoms with Crippen molar-refractivity contribution >= 4 is 11.9 Å². The Morgan fingerprint density at radius 2 is 1.90 bits per heavy atom.